The van der Waals surface area contributed by atoms with Gasteiger partial charge in [-0.15, -0.1) is 0 Å². The van der Waals surface area contributed by atoms with Crippen molar-refractivity contribution in [3.8, 4) is 5.75 Å². The Morgan fingerprint density at radius 1 is 1.23 bits per heavy atom. The van der Waals surface area contributed by atoms with E-state index in [9.17, 15) is 4.79 Å². The Morgan fingerprint density at radius 2 is 2.03 bits per heavy atom. The number of rotatable bonds is 10. The van der Waals surface area contributed by atoms with Gasteiger partial charge in [0.15, 0.2) is 0 Å². The summed E-state index contributed by atoms with van der Waals surface area (Å²) in [6, 6.07) is 14.6. The molecule has 3 aromatic rings. The van der Waals surface area contributed by atoms with Gasteiger partial charge in [0.2, 0.25) is 5.91 Å². The second-order valence-electron chi connectivity index (χ2n) is 8.11. The molecule has 0 aliphatic heterocycles. The third-order valence-electron chi connectivity index (χ3n) is 5.29. The predicted octanol–water partition coefficient (Wildman–Crippen LogP) is 5.17. The summed E-state index contributed by atoms with van der Waals surface area (Å²) in [5.41, 5.74) is 4.55. The minimum Gasteiger partial charge on any atom is -0.491 e. The van der Waals surface area contributed by atoms with Crippen molar-refractivity contribution >= 4 is 16.9 Å². The molecular weight excluding hydrogens is 386 g/mol. The predicted molar refractivity (Wildman–Crippen MR) is 127 cm³/mol. The van der Waals surface area contributed by atoms with Crippen molar-refractivity contribution in [3.63, 3.8) is 0 Å². The molecule has 0 fully saturated rings. The third-order valence-corrected chi connectivity index (χ3v) is 5.29. The summed E-state index contributed by atoms with van der Waals surface area (Å²) >= 11 is 0. The van der Waals surface area contributed by atoms with Crippen LogP contribution in [0.2, 0.25) is 0 Å². The van der Waals surface area contributed by atoms with Gasteiger partial charge >= 0.3 is 0 Å². The van der Waals surface area contributed by atoms with Crippen molar-refractivity contribution in [1.82, 2.24) is 14.9 Å². The van der Waals surface area contributed by atoms with Crippen molar-refractivity contribution in [1.29, 1.82) is 0 Å². The van der Waals surface area contributed by atoms with E-state index < -0.39 is 0 Å². The number of amides is 1. The first kappa shape index (κ1) is 22.6. The number of nitrogens with one attached hydrogen (secondary N) is 1. The van der Waals surface area contributed by atoms with Gasteiger partial charge in [-0.3, -0.25) is 4.79 Å². The lowest BCUT2D eigenvalue weighted by Gasteiger charge is -2.16. The smallest absolute Gasteiger partial charge is 0.243 e. The van der Waals surface area contributed by atoms with E-state index in [1.54, 1.807) is 12.2 Å². The molecule has 0 radical (unpaired) electrons. The van der Waals surface area contributed by atoms with Crippen molar-refractivity contribution in [2.24, 2.45) is 0 Å². The molecule has 3 rings (SSSR count). The monoisotopic (exact) mass is 419 g/mol. The lowest BCUT2D eigenvalue weighted by Crippen LogP contribution is -2.23. The highest BCUT2D eigenvalue weighted by atomic mass is 16.5. The Balaban J connectivity index is 1.69. The highest BCUT2D eigenvalue weighted by molar-refractivity contribution is 5.87. The van der Waals surface area contributed by atoms with Gasteiger partial charge in [0.1, 0.15) is 18.2 Å². The zero-order chi connectivity index (χ0) is 22.2. The molecule has 2 aromatic carbocycles. The number of aryl methyl sites for hydroxylation is 2. The summed E-state index contributed by atoms with van der Waals surface area (Å²) in [5.74, 6) is 2.35. The van der Waals surface area contributed by atoms with Crippen LogP contribution in [0.1, 0.15) is 50.1 Å². The van der Waals surface area contributed by atoms with Gasteiger partial charge in [-0.2, -0.15) is 0 Å². The normalized spacial score (nSPS) is 11.5. The molecule has 5 heteroatoms. The van der Waals surface area contributed by atoms with E-state index in [0.717, 1.165) is 42.0 Å². The number of hydrogen-bond acceptors (Lipinski definition) is 3. The van der Waals surface area contributed by atoms with Crippen LogP contribution in [0, 0.1) is 6.92 Å². The van der Waals surface area contributed by atoms with E-state index in [2.05, 4.69) is 54.9 Å². The molecule has 0 unspecified atom stereocenters. The Kier molecular flexibility index (Phi) is 7.88. The summed E-state index contributed by atoms with van der Waals surface area (Å²) < 4.78 is 8.47. The van der Waals surface area contributed by atoms with Crippen LogP contribution in [0.4, 0.5) is 0 Å². The zero-order valence-electron chi connectivity index (χ0n) is 19.0. The fourth-order valence-electron chi connectivity index (χ4n) is 3.72. The first-order chi connectivity index (χ1) is 15.0. The van der Waals surface area contributed by atoms with E-state index in [-0.39, 0.29) is 5.91 Å². The van der Waals surface area contributed by atoms with E-state index in [0.29, 0.717) is 19.1 Å². The topological polar surface area (TPSA) is 56.2 Å². The van der Waals surface area contributed by atoms with E-state index in [4.69, 9.17) is 9.72 Å². The summed E-state index contributed by atoms with van der Waals surface area (Å²) in [4.78, 5) is 16.4. The van der Waals surface area contributed by atoms with Crippen LogP contribution in [-0.2, 0) is 17.8 Å². The van der Waals surface area contributed by atoms with Crippen LogP contribution in [-0.4, -0.2) is 28.6 Å². The first-order valence-corrected chi connectivity index (χ1v) is 11.1. The van der Waals surface area contributed by atoms with E-state index >= 15 is 0 Å². The molecule has 0 aliphatic rings. The number of aromatic nitrogens is 2. The van der Waals surface area contributed by atoms with Gasteiger partial charge in [-0.25, -0.2) is 4.98 Å². The molecule has 0 bridgehead atoms. The highest BCUT2D eigenvalue weighted by Crippen LogP contribution is 2.27. The van der Waals surface area contributed by atoms with Crippen LogP contribution in [0.25, 0.3) is 11.0 Å². The number of fused-ring (bicyclic) bond motifs is 1. The van der Waals surface area contributed by atoms with Crippen LogP contribution < -0.4 is 10.1 Å². The quantitative estimate of drug-likeness (QED) is 0.364. The molecule has 31 heavy (non-hydrogen) atoms. The maximum Gasteiger partial charge on any atom is 0.243 e. The first-order valence-electron chi connectivity index (χ1n) is 11.1. The van der Waals surface area contributed by atoms with Crippen molar-refractivity contribution in [2.75, 3.05) is 13.2 Å². The number of allylic oxidation sites excluding steroid dienone is 1. The fraction of sp³-hybridized carbons (Fsp3) is 0.385. The van der Waals surface area contributed by atoms with Crippen molar-refractivity contribution in [3.05, 3.63) is 71.6 Å². The zero-order valence-corrected chi connectivity index (χ0v) is 19.0. The molecule has 1 heterocycles. The molecule has 5 nitrogen and oxygen atoms in total. The van der Waals surface area contributed by atoms with Gasteiger partial charge in [0.25, 0.3) is 0 Å². The number of benzene rings is 2. The molecule has 0 spiro atoms. The molecule has 164 valence electrons. The second-order valence-corrected chi connectivity index (χ2v) is 8.11. The Labute approximate surface area is 185 Å². The van der Waals surface area contributed by atoms with E-state index in [1.165, 1.54) is 11.1 Å². The van der Waals surface area contributed by atoms with Gasteiger partial charge < -0.3 is 14.6 Å². The maximum atomic E-state index is 11.6. The van der Waals surface area contributed by atoms with Crippen LogP contribution in [0.15, 0.2) is 54.6 Å². The number of para-hydroxylation sites is 2. The number of nitrogens with zero attached hydrogens (tertiary/aromatic N) is 2. The van der Waals surface area contributed by atoms with Gasteiger partial charge in [-0.05, 0) is 61.6 Å². The summed E-state index contributed by atoms with van der Waals surface area (Å²) in [7, 11) is 0. The van der Waals surface area contributed by atoms with E-state index in [1.807, 2.05) is 25.1 Å². The number of imidazole rings is 1. The molecular formula is C26H33N3O2. The van der Waals surface area contributed by atoms with Crippen LogP contribution >= 0.6 is 0 Å². The summed E-state index contributed by atoms with van der Waals surface area (Å²) in [6.45, 7) is 10.2. The lowest BCUT2D eigenvalue weighted by atomic mass is 10.0. The standard InChI is InChI=1S/C26H33N3O2/c1-5-9-26(30)27-15-8-12-25-28-22-10-6-7-11-23(22)29(25)16-17-31-24-18-20(4)13-14-21(24)19(2)3/h5-7,9-11,13-14,18-19H,8,12,15-17H2,1-4H3,(H,27,30)/b9-5-. The molecule has 0 saturated carbocycles. The van der Waals surface area contributed by atoms with Crippen molar-refractivity contribution in [2.45, 2.75) is 53.0 Å². The fourth-order valence-corrected chi connectivity index (χ4v) is 3.72. The molecule has 0 atom stereocenters. The number of carbonyl (C=O) groups excluding carboxylic acids is 1. The van der Waals surface area contributed by atoms with Gasteiger partial charge in [-0.1, -0.05) is 44.2 Å². The molecule has 0 saturated heterocycles. The Bertz CT molecular complexity index is 1050. The SMILES string of the molecule is C/C=C\C(=O)NCCCc1nc2ccccc2n1CCOc1cc(C)ccc1C(C)C. The van der Waals surface area contributed by atoms with Crippen molar-refractivity contribution < 1.29 is 9.53 Å². The average Bonchev–Trinajstić information content (AvgIpc) is 3.09. The van der Waals surface area contributed by atoms with Crippen LogP contribution in [0.5, 0.6) is 5.75 Å². The Morgan fingerprint density at radius 3 is 2.81 bits per heavy atom. The lowest BCUT2D eigenvalue weighted by molar-refractivity contribution is -0.116. The average molecular weight is 420 g/mol. The third kappa shape index (κ3) is 5.97. The molecule has 1 amide bonds. The summed E-state index contributed by atoms with van der Waals surface area (Å²) in [6.07, 6.45) is 4.92. The highest BCUT2D eigenvalue weighted by Gasteiger charge is 2.12. The maximum absolute atomic E-state index is 11.6. The van der Waals surface area contributed by atoms with Crippen LogP contribution in [0.3, 0.4) is 0 Å². The molecule has 1 aromatic heterocycles. The number of carbonyl (C=O) groups is 1. The molecule has 1 N–H and O–H groups in total. The van der Waals surface area contributed by atoms with Gasteiger partial charge in [0.05, 0.1) is 17.6 Å². The van der Waals surface area contributed by atoms with Gasteiger partial charge in [0, 0.05) is 13.0 Å². The largest absolute Gasteiger partial charge is 0.491 e. The number of ether oxygens (including phenoxy) is 1. The summed E-state index contributed by atoms with van der Waals surface area (Å²) in [5, 5.41) is 2.91. The Hall–Kier alpha value is -3.08. The second kappa shape index (κ2) is 10.8. The molecule has 0 aliphatic carbocycles. The minimum absolute atomic E-state index is 0.0523. The number of hydrogen-bond donors (Lipinski definition) is 1. The minimum atomic E-state index is -0.0523.